The largest absolute Gasteiger partial charge is 0.497 e. The number of nitrogens with one attached hydrogen (secondary N) is 1. The Balaban J connectivity index is 1.98. The molecule has 2 aromatic rings. The monoisotopic (exact) mass is 532 g/mol. The van der Waals surface area contributed by atoms with Crippen molar-refractivity contribution in [3.05, 3.63) is 53.1 Å². The van der Waals surface area contributed by atoms with Crippen molar-refractivity contribution in [1.29, 1.82) is 0 Å². The second-order valence-electron chi connectivity index (χ2n) is 11.3. The van der Waals surface area contributed by atoms with Crippen molar-refractivity contribution in [3.63, 3.8) is 0 Å². The summed E-state index contributed by atoms with van der Waals surface area (Å²) in [5.41, 5.74) is 0.526. The summed E-state index contributed by atoms with van der Waals surface area (Å²) < 4.78 is 35.0. The van der Waals surface area contributed by atoms with Gasteiger partial charge >= 0.3 is 5.97 Å². The third-order valence-electron chi connectivity index (χ3n) is 6.47. The molecule has 2 amide bonds. The molecule has 0 saturated heterocycles. The molecule has 0 bridgehead atoms. The predicted octanol–water partition coefficient (Wildman–Crippen LogP) is 4.47. The van der Waals surface area contributed by atoms with Crippen molar-refractivity contribution >= 4 is 36.7 Å². The van der Waals surface area contributed by atoms with Gasteiger partial charge in [-0.05, 0) is 47.2 Å². The fourth-order valence-corrected chi connectivity index (χ4v) is 6.41. The van der Waals surface area contributed by atoms with E-state index in [0.717, 1.165) is 17.7 Å². The lowest BCUT2D eigenvalue weighted by Crippen LogP contribution is -2.46. The molecule has 10 heteroatoms. The van der Waals surface area contributed by atoms with Crippen molar-refractivity contribution in [3.8, 4) is 5.75 Å². The highest BCUT2D eigenvalue weighted by atomic mass is 28.3. The molecule has 1 atom stereocenters. The minimum atomic E-state index is -2.30. The number of methoxy groups -OCH3 is 1. The Kier molecular flexibility index (Phi) is 8.11. The number of hydrogen-bond acceptors (Lipinski definition) is 4. The highest BCUT2D eigenvalue weighted by Gasteiger charge is 2.38. The molecule has 0 aliphatic carbocycles. The van der Waals surface area contributed by atoms with Crippen LogP contribution in [0, 0.1) is 17.0 Å². The molecule has 0 aromatic heterocycles. The van der Waals surface area contributed by atoms with Crippen molar-refractivity contribution in [1.82, 2.24) is 4.90 Å². The standard InChI is InChI=1S/C27H34F2N2O5Si/c1-27(2,15-23(33)34)14-22(32)31-10-9-16-11-18(36-3)7-8-19(16)24(31)26(35)30-17-12-20(28)25(21(29)13-17)37(4,5)6/h7-8,11-13,24H,9-10,14-15H2,1-6H3,(H,30,35)(H,33,34)/t24-/m1/s1. The van der Waals surface area contributed by atoms with E-state index in [1.54, 1.807) is 32.0 Å². The van der Waals surface area contributed by atoms with Crippen LogP contribution >= 0.6 is 0 Å². The number of benzene rings is 2. The van der Waals surface area contributed by atoms with Crippen LogP contribution < -0.4 is 15.2 Å². The van der Waals surface area contributed by atoms with Gasteiger partial charge in [-0.2, -0.15) is 0 Å². The second-order valence-corrected chi connectivity index (χ2v) is 16.3. The summed E-state index contributed by atoms with van der Waals surface area (Å²) in [5, 5.41) is 11.9. The van der Waals surface area contributed by atoms with Crippen LogP contribution in [0.5, 0.6) is 5.75 Å². The zero-order valence-corrected chi connectivity index (χ0v) is 23.1. The lowest BCUT2D eigenvalue weighted by atomic mass is 9.84. The molecular formula is C27H34F2N2O5Si. The van der Waals surface area contributed by atoms with Gasteiger partial charge in [0.25, 0.3) is 5.91 Å². The van der Waals surface area contributed by atoms with Gasteiger partial charge in [0.1, 0.15) is 23.4 Å². The summed E-state index contributed by atoms with van der Waals surface area (Å²) in [5.74, 6) is -2.84. The molecule has 1 aliphatic rings. The number of carboxylic acids is 1. The third-order valence-corrected chi connectivity index (χ3v) is 8.44. The molecule has 0 unspecified atom stereocenters. The summed E-state index contributed by atoms with van der Waals surface area (Å²) in [4.78, 5) is 39.6. The van der Waals surface area contributed by atoms with Crippen LogP contribution in [0.2, 0.25) is 19.6 Å². The average molecular weight is 533 g/mol. The topological polar surface area (TPSA) is 95.9 Å². The Morgan fingerprint density at radius 3 is 2.27 bits per heavy atom. The number of carbonyl (C=O) groups is 3. The minimum Gasteiger partial charge on any atom is -0.497 e. The highest BCUT2D eigenvalue weighted by molar-refractivity contribution is 6.88. The first-order chi connectivity index (χ1) is 17.1. The molecule has 0 spiro atoms. The molecule has 7 nitrogen and oxygen atoms in total. The Morgan fingerprint density at radius 1 is 1.11 bits per heavy atom. The number of hydrogen-bond donors (Lipinski definition) is 2. The van der Waals surface area contributed by atoms with Gasteiger partial charge in [0.15, 0.2) is 0 Å². The fourth-order valence-electron chi connectivity index (χ4n) is 4.84. The van der Waals surface area contributed by atoms with Gasteiger partial charge in [0, 0.05) is 23.8 Å². The lowest BCUT2D eigenvalue weighted by Gasteiger charge is -2.38. The van der Waals surface area contributed by atoms with E-state index >= 15 is 0 Å². The van der Waals surface area contributed by atoms with Crippen LogP contribution in [0.15, 0.2) is 30.3 Å². The number of carboxylic acid groups (broad SMARTS) is 1. The summed E-state index contributed by atoms with van der Waals surface area (Å²) in [6.07, 6.45) is 0.178. The molecule has 1 heterocycles. The Labute approximate surface area is 216 Å². The van der Waals surface area contributed by atoms with Crippen LogP contribution in [0.1, 0.15) is 43.9 Å². The molecule has 0 saturated carbocycles. The van der Waals surface area contributed by atoms with Gasteiger partial charge in [-0.1, -0.05) is 39.6 Å². The maximum Gasteiger partial charge on any atom is 0.303 e. The number of ether oxygens (including phenoxy) is 1. The van der Waals surface area contributed by atoms with E-state index in [1.807, 2.05) is 19.6 Å². The summed E-state index contributed by atoms with van der Waals surface area (Å²) >= 11 is 0. The quantitative estimate of drug-likeness (QED) is 0.489. The molecule has 2 N–H and O–H groups in total. The number of nitrogens with zero attached hydrogens (tertiary/aromatic N) is 1. The molecule has 2 aromatic carbocycles. The van der Waals surface area contributed by atoms with Gasteiger partial charge in [-0.25, -0.2) is 8.78 Å². The van der Waals surface area contributed by atoms with Gasteiger partial charge in [0.2, 0.25) is 5.91 Å². The van der Waals surface area contributed by atoms with Gasteiger partial charge < -0.3 is 20.1 Å². The third kappa shape index (κ3) is 6.54. The predicted molar refractivity (Wildman–Crippen MR) is 140 cm³/mol. The number of fused-ring (bicyclic) bond motifs is 1. The maximum atomic E-state index is 14.8. The first-order valence-corrected chi connectivity index (χ1v) is 15.6. The van der Waals surface area contributed by atoms with Crippen molar-refractivity contribution in [2.75, 3.05) is 19.0 Å². The zero-order chi connectivity index (χ0) is 27.7. The van der Waals surface area contributed by atoms with E-state index in [2.05, 4.69) is 5.32 Å². The zero-order valence-electron chi connectivity index (χ0n) is 22.1. The number of amides is 2. The molecule has 1 aliphatic heterocycles. The number of aliphatic carboxylic acids is 1. The smallest absolute Gasteiger partial charge is 0.303 e. The summed E-state index contributed by atoms with van der Waals surface area (Å²) in [6.45, 7) is 9.07. The average Bonchev–Trinajstić information content (AvgIpc) is 2.74. The van der Waals surface area contributed by atoms with E-state index in [1.165, 1.54) is 12.0 Å². The van der Waals surface area contributed by atoms with Gasteiger partial charge in [-0.3, -0.25) is 14.4 Å². The van der Waals surface area contributed by atoms with E-state index < -0.39 is 43.0 Å². The van der Waals surface area contributed by atoms with Crippen LogP contribution in [0.4, 0.5) is 14.5 Å². The van der Waals surface area contributed by atoms with Gasteiger partial charge in [0.05, 0.1) is 21.6 Å². The first kappa shape index (κ1) is 28.3. The Bertz CT molecular complexity index is 1200. The maximum absolute atomic E-state index is 14.8. The van der Waals surface area contributed by atoms with Crippen molar-refractivity contribution < 1.29 is 33.0 Å². The molecule has 37 heavy (non-hydrogen) atoms. The Hall–Kier alpha value is -3.27. The van der Waals surface area contributed by atoms with Crippen molar-refractivity contribution in [2.24, 2.45) is 5.41 Å². The van der Waals surface area contributed by atoms with E-state index in [9.17, 15) is 28.3 Å². The first-order valence-electron chi connectivity index (χ1n) is 12.1. The van der Waals surface area contributed by atoms with E-state index in [4.69, 9.17) is 4.74 Å². The normalized spacial score (nSPS) is 15.7. The lowest BCUT2D eigenvalue weighted by molar-refractivity contribution is -0.144. The van der Waals surface area contributed by atoms with E-state index in [0.29, 0.717) is 17.7 Å². The molecular weight excluding hydrogens is 498 g/mol. The number of anilines is 1. The fraction of sp³-hybridized carbons (Fsp3) is 0.444. The van der Waals surface area contributed by atoms with E-state index in [-0.39, 0.29) is 36.2 Å². The SMILES string of the molecule is COc1ccc2c(c1)CCN(C(=O)CC(C)(C)CC(=O)O)[C@H]2C(=O)Nc1cc(F)c([Si](C)(C)C)c(F)c1. The summed E-state index contributed by atoms with van der Waals surface area (Å²) in [6, 6.07) is 6.33. The van der Waals surface area contributed by atoms with Crippen LogP contribution in [-0.2, 0) is 20.8 Å². The van der Waals surface area contributed by atoms with Crippen molar-refractivity contribution in [2.45, 2.75) is 58.8 Å². The summed E-state index contributed by atoms with van der Waals surface area (Å²) in [7, 11) is -0.774. The highest BCUT2D eigenvalue weighted by Crippen LogP contribution is 2.36. The van der Waals surface area contributed by atoms with Crippen LogP contribution in [0.25, 0.3) is 0 Å². The van der Waals surface area contributed by atoms with Crippen LogP contribution in [-0.4, -0.2) is 49.5 Å². The van der Waals surface area contributed by atoms with Gasteiger partial charge in [-0.15, -0.1) is 0 Å². The molecule has 0 radical (unpaired) electrons. The minimum absolute atomic E-state index is 0.0405. The molecule has 0 fully saturated rings. The second kappa shape index (κ2) is 10.6. The number of carbonyl (C=O) groups excluding carboxylic acids is 2. The number of halogens is 2. The molecule has 3 rings (SSSR count). The Morgan fingerprint density at radius 2 is 1.73 bits per heavy atom. The molecule has 200 valence electrons. The van der Waals surface area contributed by atoms with Crippen LogP contribution in [0.3, 0.4) is 0 Å². The number of rotatable bonds is 8.